The van der Waals surface area contributed by atoms with E-state index >= 15 is 0 Å². The molecular formula is C11H12ClF3N2O2. The Morgan fingerprint density at radius 3 is 2.32 bits per heavy atom. The summed E-state index contributed by atoms with van der Waals surface area (Å²) in [5.41, 5.74) is -1.91. The molecule has 0 spiro atoms. The van der Waals surface area contributed by atoms with E-state index in [-0.39, 0.29) is 5.69 Å². The number of nitrogens with one attached hydrogen (secondary N) is 1. The fourth-order valence-electron chi connectivity index (χ4n) is 1.10. The van der Waals surface area contributed by atoms with Crippen LogP contribution in [0.1, 0.15) is 26.5 Å². The first kappa shape index (κ1) is 15.6. The average Bonchev–Trinajstić information content (AvgIpc) is 2.16. The van der Waals surface area contributed by atoms with Crippen LogP contribution >= 0.6 is 11.6 Å². The van der Waals surface area contributed by atoms with E-state index in [2.05, 4.69) is 10.3 Å². The Hall–Kier alpha value is -1.50. The minimum absolute atomic E-state index is 0.0519. The van der Waals surface area contributed by atoms with Crippen LogP contribution in [-0.4, -0.2) is 16.7 Å². The number of pyridine rings is 1. The highest BCUT2D eigenvalue weighted by molar-refractivity contribution is 6.32. The molecule has 1 rings (SSSR count). The topological polar surface area (TPSA) is 51.2 Å². The number of hydrogen-bond acceptors (Lipinski definition) is 3. The molecule has 0 saturated carbocycles. The maximum Gasteiger partial charge on any atom is 0.433 e. The average molecular weight is 297 g/mol. The molecule has 1 aromatic rings. The number of ether oxygens (including phenoxy) is 1. The first-order valence-corrected chi connectivity index (χ1v) is 5.60. The van der Waals surface area contributed by atoms with Crippen LogP contribution < -0.4 is 5.32 Å². The molecule has 19 heavy (non-hydrogen) atoms. The van der Waals surface area contributed by atoms with Crippen LogP contribution in [0.2, 0.25) is 5.15 Å². The van der Waals surface area contributed by atoms with Gasteiger partial charge in [-0.3, -0.25) is 5.32 Å². The molecule has 0 fully saturated rings. The second-order valence-electron chi connectivity index (χ2n) is 4.66. The molecule has 1 N–H and O–H groups in total. The molecule has 0 saturated heterocycles. The number of halogens is 4. The second kappa shape index (κ2) is 5.24. The number of carbonyl (C=O) groups excluding carboxylic acids is 1. The van der Waals surface area contributed by atoms with Gasteiger partial charge >= 0.3 is 12.3 Å². The molecule has 1 amide bonds. The third kappa shape index (κ3) is 4.94. The molecule has 8 heteroatoms. The molecule has 0 aliphatic carbocycles. The number of alkyl halides is 3. The van der Waals surface area contributed by atoms with Crippen molar-refractivity contribution in [3.63, 3.8) is 0 Å². The van der Waals surface area contributed by atoms with E-state index in [1.54, 1.807) is 20.8 Å². The Morgan fingerprint density at radius 2 is 1.89 bits per heavy atom. The Kier molecular flexibility index (Phi) is 4.29. The fourth-order valence-corrected chi connectivity index (χ4v) is 1.30. The summed E-state index contributed by atoms with van der Waals surface area (Å²) in [7, 11) is 0. The molecule has 0 bridgehead atoms. The summed E-state index contributed by atoms with van der Waals surface area (Å²) in [5, 5.41) is 1.76. The highest BCUT2D eigenvalue weighted by Crippen LogP contribution is 2.31. The maximum absolute atomic E-state index is 12.4. The molecule has 0 atom stereocenters. The van der Waals surface area contributed by atoms with E-state index in [1.165, 1.54) is 0 Å². The van der Waals surface area contributed by atoms with Gasteiger partial charge in [-0.15, -0.1) is 0 Å². The van der Waals surface area contributed by atoms with Gasteiger partial charge < -0.3 is 4.74 Å². The standard InChI is InChI=1S/C11H12ClF3N2O2/c1-10(2,3)19-9(18)16-6-4-5-7(11(13,14)15)17-8(6)12/h4-5H,1-3H3,(H,16,18). The lowest BCUT2D eigenvalue weighted by molar-refractivity contribution is -0.141. The Morgan fingerprint density at radius 1 is 1.32 bits per heavy atom. The summed E-state index contributed by atoms with van der Waals surface area (Å²) in [6.07, 6.45) is -5.41. The third-order valence-corrected chi connectivity index (χ3v) is 2.06. The predicted molar refractivity (Wildman–Crippen MR) is 64.1 cm³/mol. The van der Waals surface area contributed by atoms with Crippen LogP contribution in [0.4, 0.5) is 23.7 Å². The molecule has 0 radical (unpaired) electrons. The Balaban J connectivity index is 2.84. The van der Waals surface area contributed by atoms with Gasteiger partial charge in [-0.1, -0.05) is 11.6 Å². The van der Waals surface area contributed by atoms with Crippen molar-refractivity contribution in [3.05, 3.63) is 23.0 Å². The van der Waals surface area contributed by atoms with E-state index in [0.29, 0.717) is 0 Å². The van der Waals surface area contributed by atoms with E-state index in [0.717, 1.165) is 12.1 Å². The quantitative estimate of drug-likeness (QED) is 0.794. The van der Waals surface area contributed by atoms with Gasteiger partial charge in [-0.05, 0) is 32.9 Å². The van der Waals surface area contributed by atoms with Crippen LogP contribution in [-0.2, 0) is 10.9 Å². The van der Waals surface area contributed by atoms with Crippen molar-refractivity contribution in [1.29, 1.82) is 0 Å². The molecule has 0 unspecified atom stereocenters. The van der Waals surface area contributed by atoms with Gasteiger partial charge in [-0.25, -0.2) is 9.78 Å². The molecule has 1 heterocycles. The summed E-state index contributed by atoms with van der Waals surface area (Å²) in [6, 6.07) is 1.74. The third-order valence-electron chi connectivity index (χ3n) is 1.77. The summed E-state index contributed by atoms with van der Waals surface area (Å²) in [5.74, 6) is 0. The van der Waals surface area contributed by atoms with Gasteiger partial charge in [0.2, 0.25) is 0 Å². The van der Waals surface area contributed by atoms with Gasteiger partial charge in [0, 0.05) is 0 Å². The van der Waals surface area contributed by atoms with E-state index in [9.17, 15) is 18.0 Å². The van der Waals surface area contributed by atoms with Crippen LogP contribution in [0, 0.1) is 0 Å². The largest absolute Gasteiger partial charge is 0.444 e. The number of rotatable bonds is 1. The Bertz CT molecular complexity index is 484. The summed E-state index contributed by atoms with van der Waals surface area (Å²) >= 11 is 5.57. The minimum atomic E-state index is -4.59. The van der Waals surface area contributed by atoms with Gasteiger partial charge in [0.1, 0.15) is 11.3 Å². The molecule has 106 valence electrons. The SMILES string of the molecule is CC(C)(C)OC(=O)Nc1ccc(C(F)(F)F)nc1Cl. The maximum atomic E-state index is 12.4. The van der Waals surface area contributed by atoms with Gasteiger partial charge in [-0.2, -0.15) is 13.2 Å². The monoisotopic (exact) mass is 296 g/mol. The lowest BCUT2D eigenvalue weighted by Crippen LogP contribution is -2.27. The van der Waals surface area contributed by atoms with E-state index < -0.39 is 28.7 Å². The zero-order chi connectivity index (χ0) is 14.8. The number of carbonyl (C=O) groups is 1. The van der Waals surface area contributed by atoms with E-state index in [4.69, 9.17) is 16.3 Å². The number of aromatic nitrogens is 1. The first-order valence-electron chi connectivity index (χ1n) is 5.23. The van der Waals surface area contributed by atoms with Gasteiger partial charge in [0.15, 0.2) is 5.15 Å². The van der Waals surface area contributed by atoms with Crippen LogP contribution in [0.3, 0.4) is 0 Å². The van der Waals surface area contributed by atoms with Gasteiger partial charge in [0.25, 0.3) is 0 Å². The van der Waals surface area contributed by atoms with Crippen molar-refractivity contribution in [2.75, 3.05) is 5.32 Å². The number of amides is 1. The minimum Gasteiger partial charge on any atom is -0.444 e. The summed E-state index contributed by atoms with van der Waals surface area (Å²) in [4.78, 5) is 14.6. The lowest BCUT2D eigenvalue weighted by atomic mass is 10.2. The molecule has 0 aliphatic rings. The molecular weight excluding hydrogens is 285 g/mol. The smallest absolute Gasteiger partial charge is 0.433 e. The van der Waals surface area contributed by atoms with Gasteiger partial charge in [0.05, 0.1) is 5.69 Å². The van der Waals surface area contributed by atoms with Crippen molar-refractivity contribution < 1.29 is 22.7 Å². The number of nitrogens with zero attached hydrogens (tertiary/aromatic N) is 1. The molecule has 0 aliphatic heterocycles. The number of anilines is 1. The van der Waals surface area contributed by atoms with Crippen molar-refractivity contribution in [3.8, 4) is 0 Å². The normalized spacial score (nSPS) is 12.2. The second-order valence-corrected chi connectivity index (χ2v) is 5.02. The zero-order valence-corrected chi connectivity index (χ0v) is 11.2. The highest BCUT2D eigenvalue weighted by atomic mass is 35.5. The van der Waals surface area contributed by atoms with Crippen molar-refractivity contribution in [1.82, 2.24) is 4.98 Å². The zero-order valence-electron chi connectivity index (χ0n) is 10.4. The molecule has 4 nitrogen and oxygen atoms in total. The predicted octanol–water partition coefficient (Wildman–Crippen LogP) is 4.10. The van der Waals surface area contributed by atoms with Crippen LogP contribution in [0.15, 0.2) is 12.1 Å². The van der Waals surface area contributed by atoms with Crippen molar-refractivity contribution >= 4 is 23.4 Å². The fraction of sp³-hybridized carbons (Fsp3) is 0.455. The molecule has 0 aromatic carbocycles. The van der Waals surface area contributed by atoms with E-state index in [1.807, 2.05) is 0 Å². The lowest BCUT2D eigenvalue weighted by Gasteiger charge is -2.20. The first-order chi connectivity index (χ1) is 8.49. The van der Waals surface area contributed by atoms with Crippen LogP contribution in [0.25, 0.3) is 0 Å². The Labute approximate surface area is 112 Å². The van der Waals surface area contributed by atoms with Crippen molar-refractivity contribution in [2.24, 2.45) is 0 Å². The van der Waals surface area contributed by atoms with Crippen molar-refractivity contribution in [2.45, 2.75) is 32.5 Å². The summed E-state index contributed by atoms with van der Waals surface area (Å²) in [6.45, 7) is 4.96. The molecule has 1 aromatic heterocycles. The van der Waals surface area contributed by atoms with Crippen LogP contribution in [0.5, 0.6) is 0 Å². The number of hydrogen-bond donors (Lipinski definition) is 1. The summed E-state index contributed by atoms with van der Waals surface area (Å²) < 4.78 is 42.0. The highest BCUT2D eigenvalue weighted by Gasteiger charge is 2.33.